The number of rotatable bonds is 5. The van der Waals surface area contributed by atoms with Crippen molar-refractivity contribution in [2.24, 2.45) is 0 Å². The van der Waals surface area contributed by atoms with E-state index in [9.17, 15) is 0 Å². The number of ether oxygens (including phenoxy) is 1. The molecule has 0 aliphatic carbocycles. The highest BCUT2D eigenvalue weighted by Crippen LogP contribution is 2.08. The van der Waals surface area contributed by atoms with Crippen LogP contribution in [0.4, 0.5) is 0 Å². The lowest BCUT2D eigenvalue weighted by Gasteiger charge is -2.13. The normalized spacial score (nSPS) is 12.5. The highest BCUT2D eigenvalue weighted by Gasteiger charge is 2.04. The van der Waals surface area contributed by atoms with Gasteiger partial charge >= 0.3 is 0 Å². The van der Waals surface area contributed by atoms with Gasteiger partial charge in [0, 0.05) is 18.3 Å². The molecule has 0 aromatic carbocycles. The second-order valence-electron chi connectivity index (χ2n) is 3.19. The minimum atomic E-state index is 0.125. The first-order chi connectivity index (χ1) is 6.76. The van der Waals surface area contributed by atoms with Crippen molar-refractivity contribution in [2.75, 3.05) is 13.6 Å². The maximum absolute atomic E-state index is 5.58. The van der Waals surface area contributed by atoms with Crippen LogP contribution < -0.4 is 10.1 Å². The van der Waals surface area contributed by atoms with Gasteiger partial charge in [0.2, 0.25) is 5.88 Å². The molecule has 1 aromatic heterocycles. The average Bonchev–Trinajstić information content (AvgIpc) is 2.18. The van der Waals surface area contributed by atoms with E-state index in [-0.39, 0.29) is 6.10 Å². The van der Waals surface area contributed by atoms with Crippen LogP contribution in [0.2, 0.25) is 0 Å². The molecule has 0 bridgehead atoms. The second kappa shape index (κ2) is 5.54. The van der Waals surface area contributed by atoms with Crippen LogP contribution in [-0.2, 0) is 6.42 Å². The van der Waals surface area contributed by atoms with Crippen LogP contribution >= 0.6 is 0 Å². The van der Waals surface area contributed by atoms with Crippen LogP contribution in [0.15, 0.2) is 12.4 Å². The number of hydrogen-bond acceptors (Lipinski definition) is 4. The van der Waals surface area contributed by atoms with Gasteiger partial charge in [0.1, 0.15) is 12.4 Å². The first-order valence-electron chi connectivity index (χ1n) is 4.88. The minimum Gasteiger partial charge on any atom is -0.473 e. The van der Waals surface area contributed by atoms with Crippen molar-refractivity contribution >= 4 is 0 Å². The predicted molar refractivity (Wildman–Crippen MR) is 55.4 cm³/mol. The Bertz CT molecular complexity index is 278. The van der Waals surface area contributed by atoms with Gasteiger partial charge in [-0.25, -0.2) is 9.97 Å². The Balaban J connectivity index is 2.57. The second-order valence-corrected chi connectivity index (χ2v) is 3.19. The number of nitrogens with zero attached hydrogens (tertiary/aromatic N) is 2. The van der Waals surface area contributed by atoms with E-state index in [1.807, 2.05) is 20.0 Å². The van der Waals surface area contributed by atoms with Gasteiger partial charge in [0.15, 0.2) is 0 Å². The third kappa shape index (κ3) is 3.30. The molecule has 4 heteroatoms. The summed E-state index contributed by atoms with van der Waals surface area (Å²) < 4.78 is 5.58. The van der Waals surface area contributed by atoms with E-state index in [0.717, 1.165) is 18.7 Å². The van der Waals surface area contributed by atoms with Crippen LogP contribution in [0.25, 0.3) is 0 Å². The summed E-state index contributed by atoms with van der Waals surface area (Å²) in [5, 5.41) is 3.05. The van der Waals surface area contributed by atoms with Crippen molar-refractivity contribution in [3.05, 3.63) is 18.1 Å². The van der Waals surface area contributed by atoms with E-state index < -0.39 is 0 Å². The van der Waals surface area contributed by atoms with Crippen molar-refractivity contribution in [3.63, 3.8) is 0 Å². The van der Waals surface area contributed by atoms with Crippen LogP contribution in [0.5, 0.6) is 5.88 Å². The quantitative estimate of drug-likeness (QED) is 0.762. The zero-order valence-corrected chi connectivity index (χ0v) is 8.95. The van der Waals surface area contributed by atoms with Crippen molar-refractivity contribution in [3.8, 4) is 5.88 Å². The maximum atomic E-state index is 5.58. The molecule has 1 aromatic rings. The average molecular weight is 195 g/mol. The van der Waals surface area contributed by atoms with Crippen molar-refractivity contribution < 1.29 is 4.74 Å². The molecule has 0 fully saturated rings. The minimum absolute atomic E-state index is 0.125. The number of likely N-dealkylation sites (N-methyl/N-ethyl adjacent to an activating group) is 1. The number of hydrogen-bond donors (Lipinski definition) is 1. The van der Waals surface area contributed by atoms with E-state index in [1.165, 1.54) is 0 Å². The molecule has 78 valence electrons. The van der Waals surface area contributed by atoms with E-state index in [2.05, 4.69) is 22.2 Å². The topological polar surface area (TPSA) is 47.0 Å². The fourth-order valence-corrected chi connectivity index (χ4v) is 1.17. The van der Waals surface area contributed by atoms with Gasteiger partial charge in [-0.1, -0.05) is 6.92 Å². The molecule has 0 aliphatic heterocycles. The van der Waals surface area contributed by atoms with Gasteiger partial charge in [-0.05, 0) is 20.4 Å². The highest BCUT2D eigenvalue weighted by molar-refractivity contribution is 5.13. The zero-order valence-electron chi connectivity index (χ0n) is 8.95. The third-order valence-electron chi connectivity index (χ3n) is 1.87. The van der Waals surface area contributed by atoms with Gasteiger partial charge < -0.3 is 10.1 Å². The molecule has 0 aliphatic rings. The molecule has 0 saturated carbocycles. The largest absolute Gasteiger partial charge is 0.473 e. The van der Waals surface area contributed by atoms with Crippen LogP contribution in [0, 0.1) is 0 Å². The first kappa shape index (κ1) is 10.9. The van der Waals surface area contributed by atoms with E-state index >= 15 is 0 Å². The predicted octanol–water partition coefficient (Wildman–Crippen LogP) is 1.03. The lowest BCUT2D eigenvalue weighted by Crippen LogP contribution is -2.26. The van der Waals surface area contributed by atoms with E-state index in [0.29, 0.717) is 5.88 Å². The molecule has 14 heavy (non-hydrogen) atoms. The molecular formula is C10H17N3O. The molecule has 0 spiro atoms. The number of nitrogens with one attached hydrogen (secondary N) is 1. The lowest BCUT2D eigenvalue weighted by atomic mass is 10.3. The Labute approximate surface area is 84.7 Å². The Morgan fingerprint density at radius 3 is 2.93 bits per heavy atom. The molecule has 0 radical (unpaired) electrons. The molecule has 1 rings (SSSR count). The summed E-state index contributed by atoms with van der Waals surface area (Å²) in [6.07, 6.45) is 2.57. The summed E-state index contributed by atoms with van der Waals surface area (Å²) in [5.74, 6) is 0.652. The van der Waals surface area contributed by atoms with Crippen molar-refractivity contribution in [1.29, 1.82) is 0 Å². The third-order valence-corrected chi connectivity index (χ3v) is 1.87. The Morgan fingerprint density at radius 2 is 2.29 bits per heavy atom. The number of aryl methyl sites for hydroxylation is 1. The molecule has 1 unspecified atom stereocenters. The Morgan fingerprint density at radius 1 is 1.50 bits per heavy atom. The molecule has 4 nitrogen and oxygen atoms in total. The first-order valence-corrected chi connectivity index (χ1v) is 4.88. The van der Waals surface area contributed by atoms with Crippen LogP contribution in [-0.4, -0.2) is 29.7 Å². The number of aromatic nitrogens is 2. The van der Waals surface area contributed by atoms with Crippen molar-refractivity contribution in [1.82, 2.24) is 15.3 Å². The lowest BCUT2D eigenvalue weighted by molar-refractivity contribution is 0.211. The molecule has 0 saturated heterocycles. The van der Waals surface area contributed by atoms with Gasteiger partial charge in [-0.2, -0.15) is 0 Å². The van der Waals surface area contributed by atoms with Crippen molar-refractivity contribution in [2.45, 2.75) is 26.4 Å². The summed E-state index contributed by atoms with van der Waals surface area (Å²) in [6.45, 7) is 4.87. The van der Waals surface area contributed by atoms with Gasteiger partial charge in [0.25, 0.3) is 0 Å². The summed E-state index contributed by atoms with van der Waals surface area (Å²) in [4.78, 5) is 8.15. The summed E-state index contributed by atoms with van der Waals surface area (Å²) >= 11 is 0. The van der Waals surface area contributed by atoms with E-state index in [1.54, 1.807) is 6.33 Å². The fourth-order valence-electron chi connectivity index (χ4n) is 1.17. The molecule has 1 atom stereocenters. The Hall–Kier alpha value is -1.16. The van der Waals surface area contributed by atoms with Gasteiger partial charge in [-0.15, -0.1) is 0 Å². The fraction of sp³-hybridized carbons (Fsp3) is 0.600. The molecule has 0 amide bonds. The van der Waals surface area contributed by atoms with Crippen LogP contribution in [0.3, 0.4) is 0 Å². The van der Waals surface area contributed by atoms with Gasteiger partial charge in [0.05, 0.1) is 0 Å². The maximum Gasteiger partial charge on any atom is 0.216 e. The molecule has 1 heterocycles. The SMILES string of the molecule is CCc1cc(OC(C)CNC)ncn1. The standard InChI is InChI=1S/C10H17N3O/c1-4-9-5-10(13-7-12-9)14-8(2)6-11-3/h5,7-8,11H,4,6H2,1-3H3. The molecular weight excluding hydrogens is 178 g/mol. The Kier molecular flexibility index (Phi) is 4.32. The molecule has 1 N–H and O–H groups in total. The summed E-state index contributed by atoms with van der Waals surface area (Å²) in [7, 11) is 1.90. The monoisotopic (exact) mass is 195 g/mol. The summed E-state index contributed by atoms with van der Waals surface area (Å²) in [6, 6.07) is 1.88. The van der Waals surface area contributed by atoms with Crippen LogP contribution in [0.1, 0.15) is 19.5 Å². The van der Waals surface area contributed by atoms with Gasteiger partial charge in [-0.3, -0.25) is 0 Å². The van der Waals surface area contributed by atoms with E-state index in [4.69, 9.17) is 4.74 Å². The zero-order chi connectivity index (χ0) is 10.4. The summed E-state index contributed by atoms with van der Waals surface area (Å²) in [5.41, 5.74) is 1.01. The smallest absolute Gasteiger partial charge is 0.216 e. The highest BCUT2D eigenvalue weighted by atomic mass is 16.5.